The number of hydrogen-bond acceptors (Lipinski definition) is 14. The Balaban J connectivity index is 0.000000201. The van der Waals surface area contributed by atoms with Gasteiger partial charge in [-0.3, -0.25) is 18.4 Å². The molecule has 0 amide bonds. The van der Waals surface area contributed by atoms with Crippen molar-refractivity contribution >= 4 is 68.2 Å². The highest BCUT2D eigenvalue weighted by atomic mass is 35.5. The quantitative estimate of drug-likeness (QED) is 0.109. The fraction of sp³-hybridized carbons (Fsp3) is 0.194. The zero-order chi connectivity index (χ0) is 59.4. The van der Waals surface area contributed by atoms with Crippen LogP contribution in [0.25, 0.3) is 78.1 Å². The molecule has 0 radical (unpaired) electrons. The van der Waals surface area contributed by atoms with Gasteiger partial charge in [0.25, 0.3) is 11.1 Å². The number of nitrogens with zero attached hydrogens (tertiary/aromatic N) is 12. The molecule has 8 aromatic heterocycles. The van der Waals surface area contributed by atoms with Crippen molar-refractivity contribution in [3.05, 3.63) is 200 Å². The van der Waals surface area contributed by atoms with E-state index in [1.165, 1.54) is 94.5 Å². The van der Waals surface area contributed by atoms with Crippen LogP contribution in [0.2, 0.25) is 10.0 Å². The van der Waals surface area contributed by atoms with E-state index in [9.17, 15) is 18.4 Å². The van der Waals surface area contributed by atoms with E-state index >= 15 is 8.78 Å². The Morgan fingerprint density at radius 2 is 0.895 bits per heavy atom. The first-order valence-corrected chi connectivity index (χ1v) is 26.9. The summed E-state index contributed by atoms with van der Waals surface area (Å²) in [6, 6.07) is 25.5. The fourth-order valence-corrected chi connectivity index (χ4v) is 10.2. The van der Waals surface area contributed by atoms with Crippen LogP contribution in [0.1, 0.15) is 79.9 Å². The number of nitrogen functional groups attached to an aromatic ring is 2. The summed E-state index contributed by atoms with van der Waals surface area (Å²) in [4.78, 5) is 54.4. The predicted molar refractivity (Wildman–Crippen MR) is 327 cm³/mol. The Morgan fingerprint density at radius 3 is 1.26 bits per heavy atom. The lowest BCUT2D eigenvalue weighted by Gasteiger charge is -2.18. The number of hydrogen-bond donors (Lipinski definition) is 2. The van der Waals surface area contributed by atoms with Crippen molar-refractivity contribution in [2.45, 2.75) is 80.7 Å². The summed E-state index contributed by atoms with van der Waals surface area (Å²) in [5, 5.41) is 11.1. The Hall–Kier alpha value is -9.80. The highest BCUT2D eigenvalue weighted by Crippen LogP contribution is 2.39. The van der Waals surface area contributed by atoms with Gasteiger partial charge in [-0.1, -0.05) is 62.3 Å². The van der Waals surface area contributed by atoms with Crippen LogP contribution in [0.4, 0.5) is 29.2 Å². The number of fused-ring (bicyclic) bond motifs is 4. The van der Waals surface area contributed by atoms with Crippen molar-refractivity contribution in [2.75, 3.05) is 11.5 Å². The van der Waals surface area contributed by atoms with Crippen LogP contribution in [-0.4, -0.2) is 70.5 Å². The fourth-order valence-electron chi connectivity index (χ4n) is 9.86. The minimum atomic E-state index is -0.712. The number of halogens is 6. The highest BCUT2D eigenvalue weighted by Gasteiger charge is 2.29. The summed E-state index contributed by atoms with van der Waals surface area (Å²) in [7, 11) is 0. The maximum Gasteiger partial charge on any atom is 0.266 e. The zero-order valence-electron chi connectivity index (χ0n) is 45.4. The molecule has 4 N–H and O–H groups in total. The van der Waals surface area contributed by atoms with Gasteiger partial charge in [-0.15, -0.1) is 0 Å². The third-order valence-electron chi connectivity index (χ3n) is 13.6. The molecule has 0 bridgehead atoms. The van der Waals surface area contributed by atoms with E-state index in [2.05, 4.69) is 19.9 Å². The largest absolute Gasteiger partial charge is 0.488 e. The Morgan fingerprint density at radius 1 is 0.500 bits per heavy atom. The van der Waals surface area contributed by atoms with Gasteiger partial charge >= 0.3 is 0 Å². The number of anilines is 2. The van der Waals surface area contributed by atoms with Crippen molar-refractivity contribution in [2.24, 2.45) is 0 Å². The summed E-state index contributed by atoms with van der Waals surface area (Å²) in [6.07, 6.45) is 5.09. The van der Waals surface area contributed by atoms with Gasteiger partial charge in [0.15, 0.2) is 34.4 Å². The van der Waals surface area contributed by atoms with E-state index < -0.39 is 46.5 Å². The smallest absolute Gasteiger partial charge is 0.266 e. The summed E-state index contributed by atoms with van der Waals surface area (Å²) in [5.41, 5.74) is 16.2. The van der Waals surface area contributed by atoms with Gasteiger partial charge in [0.05, 0.1) is 67.6 Å². The van der Waals surface area contributed by atoms with Gasteiger partial charge in [-0.05, 0) is 138 Å². The van der Waals surface area contributed by atoms with Crippen molar-refractivity contribution in [1.82, 2.24) is 58.3 Å². The van der Waals surface area contributed by atoms with E-state index in [1.807, 2.05) is 0 Å². The van der Waals surface area contributed by atoms with E-state index in [0.29, 0.717) is 88.4 Å². The molecule has 24 heteroatoms. The minimum absolute atomic E-state index is 0. The molecule has 0 aliphatic rings. The molecular formula is C62H56Cl2F4N14O4. The second-order valence-corrected chi connectivity index (χ2v) is 20.9. The predicted octanol–water partition coefficient (Wildman–Crippen LogP) is 13.4. The van der Waals surface area contributed by atoms with Gasteiger partial charge in [0.2, 0.25) is 0 Å². The Bertz CT molecular complexity index is 4410. The topological polar surface area (TPSA) is 226 Å². The van der Waals surface area contributed by atoms with Crippen molar-refractivity contribution in [3.8, 4) is 56.3 Å². The lowest BCUT2D eigenvalue weighted by molar-refractivity contribution is 0.231. The molecule has 12 rings (SSSR count). The minimum Gasteiger partial charge on any atom is -0.488 e. The maximum absolute atomic E-state index is 15.0. The molecule has 0 saturated heterocycles. The summed E-state index contributed by atoms with van der Waals surface area (Å²) >= 11 is 12.4. The van der Waals surface area contributed by atoms with Crippen LogP contribution in [0.3, 0.4) is 0 Å². The monoisotopic (exact) mass is 1210 g/mol. The summed E-state index contributed by atoms with van der Waals surface area (Å²) in [5.74, 6) is -1.66. The zero-order valence-corrected chi connectivity index (χ0v) is 46.9. The van der Waals surface area contributed by atoms with E-state index in [1.54, 1.807) is 99.4 Å². The number of nitrogens with two attached hydrogens (primary N) is 2. The Kier molecular flexibility index (Phi) is 17.3. The molecular weight excluding hydrogens is 1150 g/mol. The molecule has 12 aromatic rings. The maximum atomic E-state index is 15.0. The molecule has 0 fully saturated rings. The molecule has 86 heavy (non-hydrogen) atoms. The van der Waals surface area contributed by atoms with Crippen molar-refractivity contribution in [3.63, 3.8) is 0 Å². The molecule has 0 spiro atoms. The third-order valence-corrected chi connectivity index (χ3v) is 14.0. The van der Waals surface area contributed by atoms with Gasteiger partial charge in [0, 0.05) is 23.5 Å². The second-order valence-electron chi connectivity index (χ2n) is 20.0. The third kappa shape index (κ3) is 11.5. The normalized spacial score (nSPS) is 12.1. The van der Waals surface area contributed by atoms with Crippen LogP contribution in [0, 0.1) is 23.3 Å². The molecule has 0 aliphatic heterocycles. The molecule has 18 nitrogen and oxygen atoms in total. The molecule has 0 saturated carbocycles. The first-order chi connectivity index (χ1) is 40.2. The number of benzene rings is 4. The molecule has 4 aromatic carbocycles. The highest BCUT2D eigenvalue weighted by molar-refractivity contribution is 6.30. The van der Waals surface area contributed by atoms with Crippen LogP contribution < -0.4 is 32.1 Å². The van der Waals surface area contributed by atoms with E-state index in [0.717, 1.165) is 0 Å². The van der Waals surface area contributed by atoms with Crippen molar-refractivity contribution in [1.29, 1.82) is 0 Å². The van der Waals surface area contributed by atoms with Crippen LogP contribution in [-0.2, 0) is 0 Å². The SMILES string of the molecule is C.C.CC(C)Oc1ccc(-c2nn([C@@H](C)c3nc4ccc(Cl)cn4c(=O)c3-c3cccc(F)c3)c3ncnc(N)c23)cc1F.CC(C)Oc1ccc(-c2nn([C@H](C)c3nc4ccc(Cl)cn4c(=O)c3-c3cccc(F)c3)c3ncnc(N)c23)cc1F. The van der Waals surface area contributed by atoms with E-state index in [-0.39, 0.29) is 61.3 Å². The molecule has 8 heterocycles. The van der Waals surface area contributed by atoms with Crippen LogP contribution in [0.15, 0.2) is 144 Å². The number of pyridine rings is 2. The van der Waals surface area contributed by atoms with Gasteiger partial charge in [-0.2, -0.15) is 10.2 Å². The molecule has 0 aliphatic carbocycles. The summed E-state index contributed by atoms with van der Waals surface area (Å²) < 4.78 is 75.5. The molecule has 440 valence electrons. The Labute approximate surface area is 499 Å². The lowest BCUT2D eigenvalue weighted by atomic mass is 10.0. The number of rotatable bonds is 12. The molecule has 2 atom stereocenters. The summed E-state index contributed by atoms with van der Waals surface area (Å²) in [6.45, 7) is 10.8. The van der Waals surface area contributed by atoms with Crippen molar-refractivity contribution < 1.29 is 27.0 Å². The first-order valence-electron chi connectivity index (χ1n) is 26.1. The average molecular weight is 1210 g/mol. The van der Waals surface area contributed by atoms with Gasteiger partial charge in [0.1, 0.15) is 58.6 Å². The van der Waals surface area contributed by atoms with Crippen LogP contribution in [0.5, 0.6) is 11.5 Å². The lowest BCUT2D eigenvalue weighted by Crippen LogP contribution is -2.23. The molecule has 0 unspecified atom stereocenters. The van der Waals surface area contributed by atoms with E-state index in [4.69, 9.17) is 64.3 Å². The number of aromatic nitrogens is 12. The second kappa shape index (κ2) is 24.4. The van der Waals surface area contributed by atoms with Crippen LogP contribution >= 0.6 is 23.2 Å². The standard InChI is InChI=1S/2C30H24ClF2N7O2.2CH4/c2*1-15(2)42-22-9-7-18(12-21(22)33)27-25-28(34)35-14-36-29(25)40(38-27)16(3)26-24(17-5-4-6-20(32)11-17)30(41)39-13-19(31)8-10-23(39)37-26;;/h2*4-16H,1-3H3,(H2,34,35,36);2*1H4/t2*16-;;/m10../s1. The number of ether oxygens (including phenoxy) is 2. The average Bonchev–Trinajstić information content (AvgIpc) is 2.90. The first kappa shape index (κ1) is 60.8. The van der Waals surface area contributed by atoms with Gasteiger partial charge in [-0.25, -0.2) is 56.8 Å². The van der Waals surface area contributed by atoms with Gasteiger partial charge < -0.3 is 20.9 Å².